The monoisotopic (exact) mass is 466 g/mol. The van der Waals surface area contributed by atoms with Crippen LogP contribution in [0.15, 0.2) is 48.5 Å². The molecule has 0 spiro atoms. The molecule has 3 rings (SSSR count). The molecular formula is C27H34N2O5. The second kappa shape index (κ2) is 10.7. The van der Waals surface area contributed by atoms with Gasteiger partial charge in [0.1, 0.15) is 18.2 Å². The predicted molar refractivity (Wildman–Crippen MR) is 131 cm³/mol. The Labute approximate surface area is 200 Å². The van der Waals surface area contributed by atoms with Crippen molar-refractivity contribution in [2.45, 2.75) is 64.5 Å². The molecule has 7 heteroatoms. The molecule has 0 aliphatic heterocycles. The normalized spacial score (nSPS) is 15.1. The lowest BCUT2D eigenvalue weighted by atomic mass is 9.94. The van der Waals surface area contributed by atoms with E-state index in [0.717, 1.165) is 22.3 Å². The van der Waals surface area contributed by atoms with E-state index in [2.05, 4.69) is 22.8 Å². The molecule has 1 aliphatic rings. The molecule has 0 saturated heterocycles. The topological polar surface area (TPSA) is 105 Å². The van der Waals surface area contributed by atoms with Gasteiger partial charge in [-0.05, 0) is 47.9 Å². The van der Waals surface area contributed by atoms with E-state index in [0.29, 0.717) is 19.3 Å². The number of nitrogens with one attached hydrogen (secondary N) is 2. The van der Waals surface area contributed by atoms with Crippen LogP contribution in [0.1, 0.15) is 64.0 Å². The summed E-state index contributed by atoms with van der Waals surface area (Å²) in [5, 5.41) is 14.8. The van der Waals surface area contributed by atoms with Crippen LogP contribution < -0.4 is 10.6 Å². The maximum Gasteiger partial charge on any atom is 0.408 e. The van der Waals surface area contributed by atoms with Gasteiger partial charge in [0.15, 0.2) is 0 Å². The molecule has 3 N–H and O–H groups in total. The first-order valence-corrected chi connectivity index (χ1v) is 11.8. The van der Waals surface area contributed by atoms with Crippen molar-refractivity contribution in [1.82, 2.24) is 10.6 Å². The summed E-state index contributed by atoms with van der Waals surface area (Å²) >= 11 is 0. The molecule has 7 nitrogen and oxygen atoms in total. The third-order valence-corrected chi connectivity index (χ3v) is 6.28. The lowest BCUT2D eigenvalue weighted by Crippen LogP contribution is -2.59. The van der Waals surface area contributed by atoms with Gasteiger partial charge in [-0.25, -0.2) is 9.59 Å². The summed E-state index contributed by atoms with van der Waals surface area (Å²) in [5.74, 6) is -1.63. The van der Waals surface area contributed by atoms with Crippen LogP contribution in [0.3, 0.4) is 0 Å². The Balaban J connectivity index is 1.69. The van der Waals surface area contributed by atoms with Crippen LogP contribution in [-0.2, 0) is 14.3 Å². The van der Waals surface area contributed by atoms with Gasteiger partial charge in [0.05, 0.1) is 0 Å². The fourth-order valence-corrected chi connectivity index (χ4v) is 4.60. The molecule has 0 radical (unpaired) electrons. The minimum Gasteiger partial charge on any atom is -0.480 e. The Morgan fingerprint density at radius 2 is 1.59 bits per heavy atom. The molecule has 0 bridgehead atoms. The van der Waals surface area contributed by atoms with E-state index >= 15 is 0 Å². The van der Waals surface area contributed by atoms with E-state index in [1.54, 1.807) is 6.92 Å². The number of hydrogen-bond donors (Lipinski definition) is 3. The molecule has 34 heavy (non-hydrogen) atoms. The number of alkyl carbamates (subject to hydrolysis) is 1. The van der Waals surface area contributed by atoms with Gasteiger partial charge in [-0.15, -0.1) is 0 Å². The molecule has 0 fully saturated rings. The van der Waals surface area contributed by atoms with E-state index in [1.165, 1.54) is 0 Å². The fraction of sp³-hybridized carbons (Fsp3) is 0.444. The first-order valence-electron chi connectivity index (χ1n) is 11.8. The van der Waals surface area contributed by atoms with Crippen molar-refractivity contribution in [1.29, 1.82) is 0 Å². The summed E-state index contributed by atoms with van der Waals surface area (Å²) in [4.78, 5) is 37.4. The third-order valence-electron chi connectivity index (χ3n) is 6.28. The van der Waals surface area contributed by atoms with Gasteiger partial charge in [-0.2, -0.15) is 0 Å². The van der Waals surface area contributed by atoms with Gasteiger partial charge < -0.3 is 20.5 Å². The SMILES string of the molecule is CCCC(C)(NC(=O)OCC1c2ccccc2-c2ccccc21)C(=O)N[C@H](CC(C)C)C(=O)O. The number of benzene rings is 2. The minimum absolute atomic E-state index is 0.0909. The number of hydrogen-bond acceptors (Lipinski definition) is 4. The highest BCUT2D eigenvalue weighted by atomic mass is 16.5. The largest absolute Gasteiger partial charge is 0.480 e. The first-order chi connectivity index (χ1) is 16.2. The van der Waals surface area contributed by atoms with Crippen molar-refractivity contribution in [3.8, 4) is 11.1 Å². The first kappa shape index (κ1) is 25.3. The Bertz CT molecular complexity index is 1010. The summed E-state index contributed by atoms with van der Waals surface area (Å²) in [5.41, 5.74) is 3.17. The van der Waals surface area contributed by atoms with Crippen molar-refractivity contribution in [3.05, 3.63) is 59.7 Å². The highest BCUT2D eigenvalue weighted by Gasteiger charge is 2.37. The number of carboxylic acid groups (broad SMARTS) is 1. The van der Waals surface area contributed by atoms with Gasteiger partial charge in [0.2, 0.25) is 5.91 Å². The van der Waals surface area contributed by atoms with E-state index in [1.807, 2.05) is 57.2 Å². The second-order valence-corrected chi connectivity index (χ2v) is 9.53. The van der Waals surface area contributed by atoms with Gasteiger partial charge >= 0.3 is 12.1 Å². The molecular weight excluding hydrogens is 432 g/mol. The second-order valence-electron chi connectivity index (χ2n) is 9.53. The standard InChI is InChI=1S/C27H34N2O5/c1-5-14-27(4,25(32)28-23(24(30)31)15-17(2)3)29-26(33)34-16-22-20-12-8-6-10-18(20)19-11-7-9-13-21(19)22/h6-13,17,22-23H,5,14-16H2,1-4H3,(H,28,32)(H,29,33)(H,30,31)/t23-,27?/m1/s1. The van der Waals surface area contributed by atoms with Crippen molar-refractivity contribution >= 4 is 18.0 Å². The summed E-state index contributed by atoms with van der Waals surface area (Å²) in [6, 6.07) is 15.1. The highest BCUT2D eigenvalue weighted by molar-refractivity contribution is 5.92. The van der Waals surface area contributed by atoms with Gasteiger partial charge in [-0.1, -0.05) is 75.7 Å². The molecule has 0 aromatic heterocycles. The average Bonchev–Trinajstić information content (AvgIpc) is 3.10. The zero-order chi connectivity index (χ0) is 24.9. The summed E-state index contributed by atoms with van der Waals surface area (Å²) < 4.78 is 5.60. The predicted octanol–water partition coefficient (Wildman–Crippen LogP) is 4.70. The quantitative estimate of drug-likeness (QED) is 0.471. The zero-order valence-corrected chi connectivity index (χ0v) is 20.3. The molecule has 0 saturated carbocycles. The number of ether oxygens (including phenoxy) is 1. The summed E-state index contributed by atoms with van der Waals surface area (Å²) in [6.07, 6.45) is 0.560. The molecule has 182 valence electrons. The van der Waals surface area contributed by atoms with E-state index < -0.39 is 29.6 Å². The van der Waals surface area contributed by atoms with Crippen molar-refractivity contribution < 1.29 is 24.2 Å². The minimum atomic E-state index is -1.29. The van der Waals surface area contributed by atoms with Crippen LogP contribution in [-0.4, -0.2) is 41.3 Å². The van der Waals surface area contributed by atoms with Crippen LogP contribution in [0.25, 0.3) is 11.1 Å². The van der Waals surface area contributed by atoms with Crippen molar-refractivity contribution in [2.24, 2.45) is 5.92 Å². The van der Waals surface area contributed by atoms with Crippen LogP contribution in [0, 0.1) is 5.92 Å². The number of rotatable bonds is 10. The highest BCUT2D eigenvalue weighted by Crippen LogP contribution is 2.44. The van der Waals surface area contributed by atoms with Crippen LogP contribution in [0.4, 0.5) is 4.79 Å². The maximum atomic E-state index is 13.0. The van der Waals surface area contributed by atoms with E-state index in [-0.39, 0.29) is 18.4 Å². The third kappa shape index (κ3) is 5.58. The van der Waals surface area contributed by atoms with Crippen molar-refractivity contribution in [3.63, 3.8) is 0 Å². The Hall–Kier alpha value is -3.35. The number of carboxylic acids is 1. The van der Waals surface area contributed by atoms with Gasteiger partial charge in [-0.3, -0.25) is 4.79 Å². The maximum absolute atomic E-state index is 13.0. The molecule has 0 heterocycles. The molecule has 2 aromatic rings. The Morgan fingerprint density at radius 1 is 1.03 bits per heavy atom. The molecule has 2 amide bonds. The smallest absolute Gasteiger partial charge is 0.408 e. The number of carbonyl (C=O) groups is 3. The van der Waals surface area contributed by atoms with Crippen LogP contribution >= 0.6 is 0 Å². The lowest BCUT2D eigenvalue weighted by molar-refractivity contribution is -0.143. The van der Waals surface area contributed by atoms with Crippen LogP contribution in [0.5, 0.6) is 0 Å². The number of fused-ring (bicyclic) bond motifs is 3. The Kier molecular flexibility index (Phi) is 7.97. The number of carbonyl (C=O) groups excluding carboxylic acids is 2. The van der Waals surface area contributed by atoms with Crippen molar-refractivity contribution in [2.75, 3.05) is 6.61 Å². The molecule has 2 atom stereocenters. The molecule has 1 aliphatic carbocycles. The Morgan fingerprint density at radius 3 is 2.09 bits per heavy atom. The number of amides is 2. The lowest BCUT2D eigenvalue weighted by Gasteiger charge is -2.31. The fourth-order valence-electron chi connectivity index (χ4n) is 4.60. The van der Waals surface area contributed by atoms with Gasteiger partial charge in [0, 0.05) is 5.92 Å². The molecule has 2 aromatic carbocycles. The zero-order valence-electron chi connectivity index (χ0n) is 20.3. The van der Waals surface area contributed by atoms with E-state index in [4.69, 9.17) is 4.74 Å². The number of aliphatic carboxylic acids is 1. The van der Waals surface area contributed by atoms with Gasteiger partial charge in [0.25, 0.3) is 0 Å². The van der Waals surface area contributed by atoms with E-state index in [9.17, 15) is 19.5 Å². The molecule has 1 unspecified atom stereocenters. The average molecular weight is 467 g/mol. The van der Waals surface area contributed by atoms with Crippen LogP contribution in [0.2, 0.25) is 0 Å². The summed E-state index contributed by atoms with van der Waals surface area (Å²) in [7, 11) is 0. The summed E-state index contributed by atoms with van der Waals surface area (Å²) in [6.45, 7) is 7.41.